The molecule has 0 spiro atoms. The first kappa shape index (κ1) is 23.0. The van der Waals surface area contributed by atoms with Gasteiger partial charge in [-0.25, -0.2) is 0 Å². The minimum Gasteiger partial charge on any atom is -0.397 e. The van der Waals surface area contributed by atoms with E-state index in [1.54, 1.807) is 37.4 Å². The van der Waals surface area contributed by atoms with Crippen LogP contribution in [-0.4, -0.2) is 44.2 Å². The highest BCUT2D eigenvalue weighted by Crippen LogP contribution is 2.37. The van der Waals surface area contributed by atoms with E-state index in [0.717, 1.165) is 25.4 Å². The van der Waals surface area contributed by atoms with Crippen LogP contribution in [0.5, 0.6) is 0 Å². The summed E-state index contributed by atoms with van der Waals surface area (Å²) in [6.45, 7) is 2.37. The van der Waals surface area contributed by atoms with E-state index >= 15 is 0 Å². The Kier molecular flexibility index (Phi) is 7.08. The highest BCUT2D eigenvalue weighted by Gasteiger charge is 2.35. The van der Waals surface area contributed by atoms with Gasteiger partial charge in [-0.3, -0.25) is 14.4 Å². The molecule has 7 nitrogen and oxygen atoms in total. The van der Waals surface area contributed by atoms with Crippen molar-refractivity contribution in [2.45, 2.75) is 38.5 Å². The maximum atomic E-state index is 13.2. The molecule has 33 heavy (non-hydrogen) atoms. The number of nitrogens with one attached hydrogen (secondary N) is 3. The number of fused-ring (bicyclic) bond motifs is 2. The van der Waals surface area contributed by atoms with Gasteiger partial charge in [0.2, 0.25) is 0 Å². The van der Waals surface area contributed by atoms with Crippen LogP contribution in [0, 0.1) is 5.92 Å². The summed E-state index contributed by atoms with van der Waals surface area (Å²) in [5.41, 5.74) is 7.96. The normalized spacial score (nSPS) is 15.7. The molecular formula is C26H32N4O3. The second-order valence-corrected chi connectivity index (χ2v) is 8.91. The van der Waals surface area contributed by atoms with Crippen LogP contribution in [0.15, 0.2) is 30.3 Å². The van der Waals surface area contributed by atoms with Gasteiger partial charge in [0.1, 0.15) is 0 Å². The Morgan fingerprint density at radius 1 is 1.00 bits per heavy atom. The highest BCUT2D eigenvalue weighted by molar-refractivity contribution is 6.32. The van der Waals surface area contributed by atoms with Gasteiger partial charge in [0.05, 0.1) is 22.4 Å². The third-order valence-electron chi connectivity index (χ3n) is 6.73. The lowest BCUT2D eigenvalue weighted by Gasteiger charge is -2.23. The number of benzene rings is 2. The van der Waals surface area contributed by atoms with Crippen molar-refractivity contribution < 1.29 is 14.4 Å². The molecule has 2 aliphatic rings. The lowest BCUT2D eigenvalue weighted by molar-refractivity contribution is 0.0952. The topological polar surface area (TPSA) is 113 Å². The number of rotatable bonds is 8. The van der Waals surface area contributed by atoms with Gasteiger partial charge in [0.15, 0.2) is 11.6 Å². The van der Waals surface area contributed by atoms with Crippen LogP contribution in [0.2, 0.25) is 0 Å². The molecule has 4 rings (SSSR count). The van der Waals surface area contributed by atoms with Crippen LogP contribution in [0.4, 0.5) is 11.4 Å². The van der Waals surface area contributed by atoms with Crippen molar-refractivity contribution in [3.63, 3.8) is 0 Å². The molecule has 1 amide bonds. The smallest absolute Gasteiger partial charge is 0.253 e. The van der Waals surface area contributed by atoms with E-state index in [1.165, 1.54) is 32.1 Å². The Morgan fingerprint density at radius 3 is 2.33 bits per heavy atom. The van der Waals surface area contributed by atoms with E-state index in [9.17, 15) is 14.4 Å². The zero-order valence-electron chi connectivity index (χ0n) is 19.1. The molecule has 0 heterocycles. The Hall–Kier alpha value is -3.19. The summed E-state index contributed by atoms with van der Waals surface area (Å²) in [5.74, 6) is -0.185. The van der Waals surface area contributed by atoms with E-state index in [0.29, 0.717) is 23.4 Å². The van der Waals surface area contributed by atoms with Crippen LogP contribution in [-0.2, 0) is 0 Å². The molecule has 1 saturated carbocycles. The van der Waals surface area contributed by atoms with Crippen molar-refractivity contribution in [2.24, 2.45) is 5.92 Å². The summed E-state index contributed by atoms with van der Waals surface area (Å²) in [4.78, 5) is 39.2. The van der Waals surface area contributed by atoms with E-state index in [2.05, 4.69) is 16.0 Å². The number of hydrogen-bond acceptors (Lipinski definition) is 6. The Morgan fingerprint density at radius 2 is 1.67 bits per heavy atom. The molecule has 174 valence electrons. The third-order valence-corrected chi connectivity index (χ3v) is 6.73. The van der Waals surface area contributed by atoms with Crippen LogP contribution in [0.3, 0.4) is 0 Å². The van der Waals surface area contributed by atoms with Crippen molar-refractivity contribution in [2.75, 3.05) is 37.7 Å². The maximum absolute atomic E-state index is 13.2. The van der Waals surface area contributed by atoms with E-state index in [-0.39, 0.29) is 39.9 Å². The number of nitrogens with two attached hydrogens (primary N) is 1. The van der Waals surface area contributed by atoms with Crippen molar-refractivity contribution >= 4 is 28.8 Å². The molecule has 7 heteroatoms. The first-order valence-electron chi connectivity index (χ1n) is 11.8. The van der Waals surface area contributed by atoms with Gasteiger partial charge in [-0.05, 0) is 44.3 Å². The minimum atomic E-state index is -0.349. The molecule has 0 unspecified atom stereocenters. The fourth-order valence-corrected chi connectivity index (χ4v) is 4.91. The van der Waals surface area contributed by atoms with Gasteiger partial charge < -0.3 is 21.7 Å². The zero-order chi connectivity index (χ0) is 23.4. The minimum absolute atomic E-state index is 0.0461. The average molecular weight is 449 g/mol. The Labute approximate surface area is 194 Å². The summed E-state index contributed by atoms with van der Waals surface area (Å²) in [7, 11) is 1.66. The molecular weight excluding hydrogens is 416 g/mol. The molecule has 0 aliphatic heterocycles. The maximum Gasteiger partial charge on any atom is 0.253 e. The van der Waals surface area contributed by atoms with Crippen molar-refractivity contribution in [3.05, 3.63) is 58.1 Å². The number of carbonyl (C=O) groups is 3. The monoisotopic (exact) mass is 448 g/mol. The zero-order valence-corrected chi connectivity index (χ0v) is 19.1. The molecule has 0 atom stereocenters. The van der Waals surface area contributed by atoms with Crippen molar-refractivity contribution in [3.8, 4) is 0 Å². The highest BCUT2D eigenvalue weighted by atomic mass is 16.2. The number of hydrogen-bond donors (Lipinski definition) is 4. The molecule has 5 N–H and O–H groups in total. The number of ketones is 2. The molecule has 2 aliphatic carbocycles. The van der Waals surface area contributed by atoms with Crippen molar-refractivity contribution in [1.82, 2.24) is 10.6 Å². The third kappa shape index (κ3) is 4.64. The van der Waals surface area contributed by atoms with Gasteiger partial charge in [-0.15, -0.1) is 0 Å². The lowest BCUT2D eigenvalue weighted by Crippen LogP contribution is -2.31. The second-order valence-electron chi connectivity index (χ2n) is 8.91. The Balaban J connectivity index is 1.43. The first-order chi connectivity index (χ1) is 16.0. The molecule has 1 fully saturated rings. The van der Waals surface area contributed by atoms with Crippen LogP contribution < -0.4 is 21.7 Å². The predicted octanol–water partition coefficient (Wildman–Crippen LogP) is 3.38. The predicted molar refractivity (Wildman–Crippen MR) is 130 cm³/mol. The van der Waals surface area contributed by atoms with Crippen molar-refractivity contribution in [1.29, 1.82) is 0 Å². The summed E-state index contributed by atoms with van der Waals surface area (Å²) in [6.07, 6.45) is 7.43. The number of anilines is 2. The summed E-state index contributed by atoms with van der Waals surface area (Å²) >= 11 is 0. The molecule has 0 radical (unpaired) electrons. The number of carbonyl (C=O) groups excluding carboxylic acids is 3. The molecule has 0 aromatic heterocycles. The fourth-order valence-electron chi connectivity index (χ4n) is 4.91. The summed E-state index contributed by atoms with van der Waals surface area (Å²) in [5, 5.41) is 9.35. The second kappa shape index (κ2) is 10.2. The van der Waals surface area contributed by atoms with Gasteiger partial charge in [-0.1, -0.05) is 43.5 Å². The van der Waals surface area contributed by atoms with E-state index in [1.807, 2.05) is 0 Å². The van der Waals surface area contributed by atoms with Gasteiger partial charge in [0.25, 0.3) is 5.91 Å². The van der Waals surface area contributed by atoms with Crippen LogP contribution in [0.25, 0.3) is 0 Å². The first-order valence-corrected chi connectivity index (χ1v) is 11.8. The fraction of sp³-hybridized carbons (Fsp3) is 0.423. The molecule has 0 saturated heterocycles. The average Bonchev–Trinajstić information content (AvgIpc) is 2.85. The lowest BCUT2D eigenvalue weighted by atomic mass is 9.81. The number of amides is 1. The Bertz CT molecular complexity index is 1070. The molecule has 0 bridgehead atoms. The standard InChI is InChI=1S/C26H32N4O3/c1-28-20-14-19(26(33)30-13-7-12-29-15-16-8-3-2-4-9-16)23(27)22-21(20)24(31)17-10-5-6-11-18(17)25(22)32/h5-6,10-11,14,16,28-29H,2-4,7-9,12-13,15,27H2,1H3,(H,30,33). The molecule has 2 aromatic carbocycles. The van der Waals surface area contributed by atoms with Gasteiger partial charge >= 0.3 is 0 Å². The summed E-state index contributed by atoms with van der Waals surface area (Å²) < 4.78 is 0. The number of nitrogen functional groups attached to an aromatic ring is 1. The van der Waals surface area contributed by atoms with E-state index in [4.69, 9.17) is 5.73 Å². The van der Waals surface area contributed by atoms with Crippen LogP contribution >= 0.6 is 0 Å². The molecule has 2 aromatic rings. The quantitative estimate of drug-likeness (QED) is 0.310. The van der Waals surface area contributed by atoms with Crippen LogP contribution in [0.1, 0.15) is 80.7 Å². The van der Waals surface area contributed by atoms with Gasteiger partial charge in [-0.2, -0.15) is 0 Å². The SMILES string of the molecule is CNc1cc(C(=O)NCCCNCC2CCCCC2)c(N)c2c1C(=O)c1ccccc1C2=O. The summed E-state index contributed by atoms with van der Waals surface area (Å²) in [6, 6.07) is 8.25. The van der Waals surface area contributed by atoms with Gasteiger partial charge in [0, 0.05) is 30.4 Å². The van der Waals surface area contributed by atoms with E-state index < -0.39 is 0 Å². The largest absolute Gasteiger partial charge is 0.397 e.